The van der Waals surface area contributed by atoms with Crippen LogP contribution in [0, 0.1) is 0 Å². The first kappa shape index (κ1) is 11.6. The number of hydrogen-bond acceptors (Lipinski definition) is 3. The summed E-state index contributed by atoms with van der Waals surface area (Å²) in [5.41, 5.74) is 0.938. The van der Waals surface area contributed by atoms with Gasteiger partial charge in [-0.3, -0.25) is 4.68 Å². The van der Waals surface area contributed by atoms with E-state index in [0.29, 0.717) is 0 Å². The molecule has 1 heterocycles. The molecule has 1 rings (SSSR count). The van der Waals surface area contributed by atoms with Crippen molar-refractivity contribution in [2.24, 2.45) is 0 Å². The molecule has 1 aromatic rings. The van der Waals surface area contributed by atoms with Crippen LogP contribution < -0.4 is 0 Å². The van der Waals surface area contributed by atoms with Crippen molar-refractivity contribution < 1.29 is 5.11 Å². The number of aliphatic hydroxyl groups is 1. The minimum Gasteiger partial charge on any atom is -0.388 e. The predicted molar refractivity (Wildman–Crippen MR) is 60.5 cm³/mol. The van der Waals surface area contributed by atoms with Gasteiger partial charge in [-0.2, -0.15) is 16.9 Å². The molecule has 1 unspecified atom stereocenters. The lowest BCUT2D eigenvalue weighted by molar-refractivity contribution is 0.167. The molecule has 0 aliphatic heterocycles. The predicted octanol–water partition coefficient (Wildman–Crippen LogP) is 2.08. The molecule has 0 amide bonds. The minimum atomic E-state index is -0.345. The lowest BCUT2D eigenvalue weighted by Gasteiger charge is -2.06. The van der Waals surface area contributed by atoms with Crippen LogP contribution in [0.1, 0.15) is 31.4 Å². The van der Waals surface area contributed by atoms with Gasteiger partial charge in [0.05, 0.1) is 12.3 Å². The van der Waals surface area contributed by atoms with Crippen molar-refractivity contribution in [3.05, 3.63) is 18.0 Å². The van der Waals surface area contributed by atoms with Crippen LogP contribution in [-0.2, 0) is 6.54 Å². The quantitative estimate of drug-likeness (QED) is 0.737. The average Bonchev–Trinajstić information content (AvgIpc) is 2.66. The maximum Gasteiger partial charge on any atom is 0.0820 e. The van der Waals surface area contributed by atoms with Crippen LogP contribution in [0.2, 0.25) is 0 Å². The molecule has 14 heavy (non-hydrogen) atoms. The van der Waals surface area contributed by atoms with Gasteiger partial charge >= 0.3 is 0 Å². The SMILES string of the molecule is CCn1cc(C(O)CCCSC)cn1. The highest BCUT2D eigenvalue weighted by molar-refractivity contribution is 7.98. The Morgan fingerprint density at radius 1 is 1.64 bits per heavy atom. The van der Waals surface area contributed by atoms with Crippen molar-refractivity contribution in [2.45, 2.75) is 32.4 Å². The highest BCUT2D eigenvalue weighted by atomic mass is 32.2. The van der Waals surface area contributed by atoms with Crippen molar-refractivity contribution in [3.63, 3.8) is 0 Å². The number of aromatic nitrogens is 2. The van der Waals surface area contributed by atoms with Gasteiger partial charge < -0.3 is 5.11 Å². The van der Waals surface area contributed by atoms with E-state index in [4.69, 9.17) is 0 Å². The third kappa shape index (κ3) is 3.35. The molecule has 1 aromatic heterocycles. The Morgan fingerprint density at radius 3 is 3.00 bits per heavy atom. The molecule has 0 saturated carbocycles. The molecule has 0 aromatic carbocycles. The van der Waals surface area contributed by atoms with Gasteiger partial charge in [0.1, 0.15) is 0 Å². The topological polar surface area (TPSA) is 38.0 Å². The van der Waals surface area contributed by atoms with Gasteiger partial charge in [0.2, 0.25) is 0 Å². The number of thioether (sulfide) groups is 1. The van der Waals surface area contributed by atoms with E-state index in [0.717, 1.165) is 30.7 Å². The second-order valence-electron chi connectivity index (χ2n) is 3.28. The second-order valence-corrected chi connectivity index (χ2v) is 4.27. The first-order valence-corrected chi connectivity index (χ1v) is 6.36. The fourth-order valence-corrected chi connectivity index (χ4v) is 1.77. The smallest absolute Gasteiger partial charge is 0.0820 e. The number of aryl methyl sites for hydroxylation is 1. The minimum absolute atomic E-state index is 0.345. The number of rotatable bonds is 6. The fraction of sp³-hybridized carbons (Fsp3) is 0.700. The first-order valence-electron chi connectivity index (χ1n) is 4.97. The maximum atomic E-state index is 9.79. The lowest BCUT2D eigenvalue weighted by atomic mass is 10.1. The monoisotopic (exact) mass is 214 g/mol. The third-order valence-electron chi connectivity index (χ3n) is 2.19. The Morgan fingerprint density at radius 2 is 2.43 bits per heavy atom. The third-order valence-corrected chi connectivity index (χ3v) is 2.88. The summed E-state index contributed by atoms with van der Waals surface area (Å²) in [6.45, 7) is 2.90. The molecule has 0 aliphatic rings. The standard InChI is InChI=1S/C10H18N2OS/c1-3-12-8-9(7-11-12)10(13)5-4-6-14-2/h7-8,10,13H,3-6H2,1-2H3. The van der Waals surface area contributed by atoms with Crippen molar-refractivity contribution in [1.82, 2.24) is 9.78 Å². The van der Waals surface area contributed by atoms with Crippen LogP contribution in [0.25, 0.3) is 0 Å². The van der Waals surface area contributed by atoms with Crippen LogP contribution >= 0.6 is 11.8 Å². The van der Waals surface area contributed by atoms with Crippen molar-refractivity contribution in [1.29, 1.82) is 0 Å². The summed E-state index contributed by atoms with van der Waals surface area (Å²) in [6, 6.07) is 0. The second kappa shape index (κ2) is 6.09. The molecule has 80 valence electrons. The van der Waals surface area contributed by atoms with Crippen molar-refractivity contribution in [2.75, 3.05) is 12.0 Å². The van der Waals surface area contributed by atoms with Crippen LogP contribution in [0.15, 0.2) is 12.4 Å². The highest BCUT2D eigenvalue weighted by Gasteiger charge is 2.08. The first-order chi connectivity index (χ1) is 6.77. The largest absolute Gasteiger partial charge is 0.388 e. The molecular weight excluding hydrogens is 196 g/mol. The summed E-state index contributed by atoms with van der Waals surface area (Å²) in [5, 5.41) is 13.9. The molecule has 4 heteroatoms. The Labute approximate surface area is 89.5 Å². The fourth-order valence-electron chi connectivity index (χ4n) is 1.31. The van der Waals surface area contributed by atoms with E-state index in [-0.39, 0.29) is 6.10 Å². The van der Waals surface area contributed by atoms with Gasteiger partial charge in [-0.25, -0.2) is 0 Å². The molecule has 0 fully saturated rings. The molecule has 1 atom stereocenters. The van der Waals surface area contributed by atoms with Crippen molar-refractivity contribution >= 4 is 11.8 Å². The molecular formula is C10H18N2OS. The van der Waals surface area contributed by atoms with E-state index in [2.05, 4.69) is 11.4 Å². The Hall–Kier alpha value is -0.480. The van der Waals surface area contributed by atoms with E-state index in [1.54, 1.807) is 6.20 Å². The summed E-state index contributed by atoms with van der Waals surface area (Å²) in [5.74, 6) is 1.11. The van der Waals surface area contributed by atoms with Crippen LogP contribution in [0.4, 0.5) is 0 Å². The number of nitrogens with zero attached hydrogens (tertiary/aromatic N) is 2. The van der Waals surface area contributed by atoms with Gasteiger partial charge in [0.15, 0.2) is 0 Å². The molecule has 0 radical (unpaired) electrons. The van der Waals surface area contributed by atoms with Crippen LogP contribution in [0.3, 0.4) is 0 Å². The zero-order valence-electron chi connectivity index (χ0n) is 8.81. The normalized spacial score (nSPS) is 13.1. The Kier molecular flexibility index (Phi) is 5.04. The molecule has 1 N–H and O–H groups in total. The van der Waals surface area contributed by atoms with Crippen molar-refractivity contribution in [3.8, 4) is 0 Å². The summed E-state index contributed by atoms with van der Waals surface area (Å²) in [4.78, 5) is 0. The van der Waals surface area contributed by atoms with E-state index in [1.807, 2.05) is 29.6 Å². The van der Waals surface area contributed by atoms with E-state index < -0.39 is 0 Å². The molecule has 0 spiro atoms. The van der Waals surface area contributed by atoms with E-state index in [9.17, 15) is 5.11 Å². The maximum absolute atomic E-state index is 9.79. The summed E-state index contributed by atoms with van der Waals surface area (Å²) in [7, 11) is 0. The highest BCUT2D eigenvalue weighted by Crippen LogP contribution is 2.18. The molecule has 0 aliphatic carbocycles. The number of aliphatic hydroxyl groups excluding tert-OH is 1. The Balaban J connectivity index is 2.39. The zero-order chi connectivity index (χ0) is 10.4. The van der Waals surface area contributed by atoms with Crippen LogP contribution in [0.5, 0.6) is 0 Å². The molecule has 0 bridgehead atoms. The summed E-state index contributed by atoms with van der Waals surface area (Å²) in [6.07, 6.45) is 7.30. The average molecular weight is 214 g/mol. The summed E-state index contributed by atoms with van der Waals surface area (Å²) < 4.78 is 1.84. The zero-order valence-corrected chi connectivity index (χ0v) is 9.63. The van der Waals surface area contributed by atoms with Gasteiger partial charge in [-0.15, -0.1) is 0 Å². The van der Waals surface area contributed by atoms with Gasteiger partial charge in [-0.05, 0) is 31.8 Å². The number of hydrogen-bond donors (Lipinski definition) is 1. The van der Waals surface area contributed by atoms with Gasteiger partial charge in [-0.1, -0.05) is 0 Å². The summed E-state index contributed by atoms with van der Waals surface area (Å²) >= 11 is 1.82. The lowest BCUT2D eigenvalue weighted by Crippen LogP contribution is -1.97. The Bertz CT molecular complexity index is 262. The van der Waals surface area contributed by atoms with Gasteiger partial charge in [0.25, 0.3) is 0 Å². The van der Waals surface area contributed by atoms with E-state index in [1.165, 1.54) is 0 Å². The van der Waals surface area contributed by atoms with Gasteiger partial charge in [0, 0.05) is 18.3 Å². The van der Waals surface area contributed by atoms with E-state index >= 15 is 0 Å². The van der Waals surface area contributed by atoms with Crippen LogP contribution in [-0.4, -0.2) is 26.9 Å². The molecule has 0 saturated heterocycles. The molecule has 3 nitrogen and oxygen atoms in total.